The van der Waals surface area contributed by atoms with Crippen LogP contribution in [0, 0.1) is 11.3 Å². The largest absolute Gasteiger partial charge is 0.444 e. The van der Waals surface area contributed by atoms with Gasteiger partial charge in [0.05, 0.1) is 23.7 Å². The van der Waals surface area contributed by atoms with E-state index in [9.17, 15) is 4.79 Å². The van der Waals surface area contributed by atoms with Crippen LogP contribution < -0.4 is 4.90 Å². The van der Waals surface area contributed by atoms with E-state index in [0.29, 0.717) is 5.56 Å². The smallest absolute Gasteiger partial charge is 0.410 e. The Bertz CT molecular complexity index is 613. The molecule has 2 bridgehead atoms. The topological polar surface area (TPSA) is 56.6 Å². The third-order valence-electron chi connectivity index (χ3n) is 4.45. The number of hydrogen-bond acceptors (Lipinski definition) is 4. The van der Waals surface area contributed by atoms with Gasteiger partial charge in [-0.2, -0.15) is 5.26 Å². The summed E-state index contributed by atoms with van der Waals surface area (Å²) in [5.41, 5.74) is 1.33. The summed E-state index contributed by atoms with van der Waals surface area (Å²) in [7, 11) is 0. The quantitative estimate of drug-likeness (QED) is 0.799. The van der Waals surface area contributed by atoms with E-state index in [0.717, 1.165) is 31.6 Å². The van der Waals surface area contributed by atoms with Gasteiger partial charge in [-0.15, -0.1) is 0 Å². The molecule has 0 spiro atoms. The van der Waals surface area contributed by atoms with Gasteiger partial charge in [0.25, 0.3) is 0 Å². The lowest BCUT2D eigenvalue weighted by Gasteiger charge is -2.42. The van der Waals surface area contributed by atoms with Crippen LogP contribution in [0.2, 0.25) is 0 Å². The maximum atomic E-state index is 12.5. The third kappa shape index (κ3) is 3.26. The van der Waals surface area contributed by atoms with Crippen molar-refractivity contribution >= 4 is 11.8 Å². The molecule has 2 aliphatic rings. The number of anilines is 1. The summed E-state index contributed by atoms with van der Waals surface area (Å²) in [6, 6.07) is 10.2. The van der Waals surface area contributed by atoms with Crippen molar-refractivity contribution in [2.75, 3.05) is 18.0 Å². The van der Waals surface area contributed by atoms with E-state index in [4.69, 9.17) is 10.00 Å². The number of amides is 1. The summed E-state index contributed by atoms with van der Waals surface area (Å²) in [6.07, 6.45) is 1.86. The van der Waals surface area contributed by atoms with E-state index in [1.54, 1.807) is 0 Å². The predicted octanol–water partition coefficient (Wildman–Crippen LogP) is 3.15. The zero-order valence-corrected chi connectivity index (χ0v) is 14.0. The molecule has 122 valence electrons. The fourth-order valence-electron chi connectivity index (χ4n) is 3.47. The fraction of sp³-hybridized carbons (Fsp3) is 0.556. The van der Waals surface area contributed by atoms with Crippen molar-refractivity contribution in [1.29, 1.82) is 5.26 Å². The highest BCUT2D eigenvalue weighted by molar-refractivity contribution is 5.70. The van der Waals surface area contributed by atoms with Gasteiger partial charge < -0.3 is 9.64 Å². The number of piperazine rings is 1. The first-order valence-corrected chi connectivity index (χ1v) is 8.14. The Morgan fingerprint density at radius 3 is 2.22 bits per heavy atom. The number of carbonyl (C=O) groups excluding carboxylic acids is 1. The molecule has 1 aromatic carbocycles. The summed E-state index contributed by atoms with van der Waals surface area (Å²) < 4.78 is 5.56. The molecule has 23 heavy (non-hydrogen) atoms. The highest BCUT2D eigenvalue weighted by Gasteiger charge is 2.44. The number of nitrogens with zero attached hydrogens (tertiary/aromatic N) is 3. The van der Waals surface area contributed by atoms with Gasteiger partial charge in [0, 0.05) is 18.8 Å². The van der Waals surface area contributed by atoms with E-state index in [1.165, 1.54) is 0 Å². The molecule has 1 aromatic rings. The summed E-state index contributed by atoms with van der Waals surface area (Å²) in [5, 5.41) is 8.90. The summed E-state index contributed by atoms with van der Waals surface area (Å²) >= 11 is 0. The van der Waals surface area contributed by atoms with Crippen molar-refractivity contribution in [3.63, 3.8) is 0 Å². The average molecular weight is 313 g/mol. The van der Waals surface area contributed by atoms with E-state index in [1.807, 2.05) is 49.9 Å². The zero-order chi connectivity index (χ0) is 16.6. The Labute approximate surface area is 137 Å². The van der Waals surface area contributed by atoms with Crippen molar-refractivity contribution < 1.29 is 9.53 Å². The normalized spacial score (nSPS) is 23.6. The van der Waals surface area contributed by atoms with Crippen LogP contribution in [0.5, 0.6) is 0 Å². The Kier molecular flexibility index (Phi) is 3.93. The first kappa shape index (κ1) is 15.7. The Morgan fingerprint density at radius 1 is 1.17 bits per heavy atom. The molecule has 5 heteroatoms. The highest BCUT2D eigenvalue weighted by Crippen LogP contribution is 2.33. The SMILES string of the molecule is CC(C)(C)OC(=O)N1C2CCC1CN(c1ccc(C#N)cc1)C2. The van der Waals surface area contributed by atoms with Crippen molar-refractivity contribution in [2.24, 2.45) is 0 Å². The summed E-state index contributed by atoms with van der Waals surface area (Å²) in [6.45, 7) is 7.35. The lowest BCUT2D eigenvalue weighted by atomic mass is 10.1. The molecule has 2 fully saturated rings. The maximum Gasteiger partial charge on any atom is 0.410 e. The van der Waals surface area contributed by atoms with E-state index in [2.05, 4.69) is 11.0 Å². The van der Waals surface area contributed by atoms with E-state index >= 15 is 0 Å². The fourth-order valence-corrected chi connectivity index (χ4v) is 3.47. The molecule has 0 N–H and O–H groups in total. The van der Waals surface area contributed by atoms with Crippen molar-refractivity contribution in [1.82, 2.24) is 4.90 Å². The van der Waals surface area contributed by atoms with E-state index < -0.39 is 5.60 Å². The van der Waals surface area contributed by atoms with Gasteiger partial charge in [-0.3, -0.25) is 4.90 Å². The Balaban J connectivity index is 1.71. The molecule has 3 rings (SSSR count). The molecule has 0 saturated carbocycles. The number of nitriles is 1. The number of fused-ring (bicyclic) bond motifs is 2. The van der Waals surface area contributed by atoms with Crippen LogP contribution in [0.15, 0.2) is 24.3 Å². The summed E-state index contributed by atoms with van der Waals surface area (Å²) in [4.78, 5) is 16.7. The minimum atomic E-state index is -0.458. The number of carbonyl (C=O) groups is 1. The van der Waals surface area contributed by atoms with Crippen molar-refractivity contribution in [3.05, 3.63) is 29.8 Å². The van der Waals surface area contributed by atoms with Crippen LogP contribution in [0.4, 0.5) is 10.5 Å². The zero-order valence-electron chi connectivity index (χ0n) is 14.0. The molecule has 2 aliphatic heterocycles. The molecule has 0 radical (unpaired) electrons. The minimum absolute atomic E-state index is 0.190. The Hall–Kier alpha value is -2.22. The second-order valence-corrected chi connectivity index (χ2v) is 7.34. The molecule has 0 aromatic heterocycles. The molecule has 2 unspecified atom stereocenters. The third-order valence-corrected chi connectivity index (χ3v) is 4.45. The molecular weight excluding hydrogens is 290 g/mol. The Morgan fingerprint density at radius 2 is 1.74 bits per heavy atom. The van der Waals surface area contributed by atoms with Crippen LogP contribution >= 0.6 is 0 Å². The lowest BCUT2D eigenvalue weighted by Crippen LogP contribution is -2.56. The first-order chi connectivity index (χ1) is 10.9. The van der Waals surface area contributed by atoms with Gasteiger partial charge in [0.2, 0.25) is 0 Å². The molecule has 2 atom stereocenters. The van der Waals surface area contributed by atoms with Crippen LogP contribution in [-0.2, 0) is 4.74 Å². The number of hydrogen-bond donors (Lipinski definition) is 0. The second kappa shape index (κ2) is 5.77. The van der Waals surface area contributed by atoms with Crippen molar-refractivity contribution in [2.45, 2.75) is 51.3 Å². The monoisotopic (exact) mass is 313 g/mol. The van der Waals surface area contributed by atoms with Crippen molar-refractivity contribution in [3.8, 4) is 6.07 Å². The molecule has 2 saturated heterocycles. The van der Waals surface area contributed by atoms with Gasteiger partial charge in [-0.1, -0.05) is 0 Å². The lowest BCUT2D eigenvalue weighted by molar-refractivity contribution is 0.0123. The van der Waals surface area contributed by atoms with Gasteiger partial charge in [-0.25, -0.2) is 4.79 Å². The average Bonchev–Trinajstić information content (AvgIpc) is 2.76. The second-order valence-electron chi connectivity index (χ2n) is 7.34. The highest BCUT2D eigenvalue weighted by atomic mass is 16.6. The standard InChI is InChI=1S/C18H23N3O2/c1-18(2,3)23-17(22)21-15-8-9-16(21)12-20(11-15)14-6-4-13(10-19)5-7-14/h4-7,15-16H,8-9,11-12H2,1-3H3. The number of benzene rings is 1. The first-order valence-electron chi connectivity index (χ1n) is 8.14. The van der Waals surface area contributed by atoms with E-state index in [-0.39, 0.29) is 18.2 Å². The number of ether oxygens (including phenoxy) is 1. The molecule has 5 nitrogen and oxygen atoms in total. The molecule has 1 amide bonds. The van der Waals surface area contributed by atoms with Gasteiger partial charge in [0.1, 0.15) is 5.60 Å². The molecule has 2 heterocycles. The predicted molar refractivity (Wildman–Crippen MR) is 88.3 cm³/mol. The van der Waals surface area contributed by atoms with Crippen LogP contribution in [0.25, 0.3) is 0 Å². The van der Waals surface area contributed by atoms with Gasteiger partial charge >= 0.3 is 6.09 Å². The number of rotatable bonds is 1. The summed E-state index contributed by atoms with van der Waals surface area (Å²) in [5.74, 6) is 0. The van der Waals surface area contributed by atoms with Crippen LogP contribution in [0.3, 0.4) is 0 Å². The van der Waals surface area contributed by atoms with Gasteiger partial charge in [-0.05, 0) is 57.9 Å². The molecule has 0 aliphatic carbocycles. The molecular formula is C18H23N3O2. The van der Waals surface area contributed by atoms with Crippen LogP contribution in [-0.4, -0.2) is 41.8 Å². The minimum Gasteiger partial charge on any atom is -0.444 e. The van der Waals surface area contributed by atoms with Gasteiger partial charge in [0.15, 0.2) is 0 Å². The maximum absolute atomic E-state index is 12.5. The van der Waals surface area contributed by atoms with Crippen LogP contribution in [0.1, 0.15) is 39.2 Å².